The molecule has 0 aliphatic carbocycles. The molecule has 0 aliphatic rings. The fourth-order valence-corrected chi connectivity index (χ4v) is 2.92. The summed E-state index contributed by atoms with van der Waals surface area (Å²) in [4.78, 5) is 3.74. The van der Waals surface area contributed by atoms with Crippen LogP contribution < -0.4 is 4.98 Å². The van der Waals surface area contributed by atoms with Crippen molar-refractivity contribution in [1.29, 1.82) is 0 Å². The van der Waals surface area contributed by atoms with Crippen molar-refractivity contribution in [3.63, 3.8) is 0 Å². The van der Waals surface area contributed by atoms with E-state index in [1.54, 1.807) is 0 Å². The predicted molar refractivity (Wildman–Crippen MR) is 77.1 cm³/mol. The Kier molecular flexibility index (Phi) is 4.60. The van der Waals surface area contributed by atoms with Gasteiger partial charge < -0.3 is 4.98 Å². The Morgan fingerprint density at radius 3 is 1.69 bits per heavy atom. The number of rotatable bonds is 4. The van der Waals surface area contributed by atoms with E-state index in [2.05, 4.69) is 64.0 Å². The van der Waals surface area contributed by atoms with E-state index in [9.17, 15) is 0 Å². The van der Waals surface area contributed by atoms with Crippen LogP contribution in [0.5, 0.6) is 0 Å². The number of hydrogen-bond donors (Lipinski definition) is 1. The molecular formula is C14H25NSi. The molecule has 1 aromatic rings. The Hall–Kier alpha value is -0.763. The zero-order valence-electron chi connectivity index (χ0n) is 11.5. The molecule has 1 aromatic carbocycles. The molecule has 0 heterocycles. The van der Waals surface area contributed by atoms with Crippen LogP contribution in [0.3, 0.4) is 0 Å². The molecule has 0 aromatic heterocycles. The van der Waals surface area contributed by atoms with Gasteiger partial charge in [-0.1, -0.05) is 59.0 Å². The molecular weight excluding hydrogens is 210 g/mol. The minimum atomic E-state index is -0.786. The minimum absolute atomic E-state index is 0.592. The van der Waals surface area contributed by atoms with Gasteiger partial charge in [-0.25, -0.2) is 0 Å². The lowest BCUT2D eigenvalue weighted by molar-refractivity contribution is 0.839. The zero-order valence-corrected chi connectivity index (χ0v) is 12.6. The van der Waals surface area contributed by atoms with Gasteiger partial charge in [-0.15, -0.1) is 0 Å². The first-order valence-corrected chi connectivity index (χ1v) is 9.21. The largest absolute Gasteiger partial charge is 0.413 e. The molecule has 16 heavy (non-hydrogen) atoms. The quantitative estimate of drug-likeness (QED) is 0.766. The average molecular weight is 235 g/mol. The van der Waals surface area contributed by atoms with Crippen LogP contribution in [0.4, 0.5) is 5.69 Å². The van der Waals surface area contributed by atoms with E-state index in [1.165, 1.54) is 16.8 Å². The first-order valence-electron chi connectivity index (χ1n) is 6.32. The third-order valence-electron chi connectivity index (χ3n) is 2.81. The van der Waals surface area contributed by atoms with E-state index in [0.717, 1.165) is 0 Å². The smallest absolute Gasteiger partial charge is 0.131 e. The van der Waals surface area contributed by atoms with Gasteiger partial charge in [0.05, 0.1) is 0 Å². The summed E-state index contributed by atoms with van der Waals surface area (Å²) in [5.41, 5.74) is 4.34. The standard InChI is InChI=1S/C14H25NSi/c1-10(2)12-8-7-9-13(11(3)4)14(12)15-16(5)6/h7-11,15-16H,1-6H3. The Labute approximate surface area is 102 Å². The average Bonchev–Trinajstić information content (AvgIpc) is 2.16. The summed E-state index contributed by atoms with van der Waals surface area (Å²) in [6.07, 6.45) is 0. The lowest BCUT2D eigenvalue weighted by Crippen LogP contribution is -2.18. The summed E-state index contributed by atoms with van der Waals surface area (Å²) >= 11 is 0. The summed E-state index contributed by atoms with van der Waals surface area (Å²) in [7, 11) is -0.786. The van der Waals surface area contributed by atoms with E-state index >= 15 is 0 Å². The second-order valence-electron chi connectivity index (χ2n) is 5.42. The minimum Gasteiger partial charge on any atom is -0.413 e. The highest BCUT2D eigenvalue weighted by Gasteiger charge is 2.13. The number of anilines is 1. The molecule has 0 aliphatic heterocycles. The first kappa shape index (κ1) is 13.3. The van der Waals surface area contributed by atoms with Crippen molar-refractivity contribution in [2.45, 2.75) is 52.6 Å². The number of nitrogens with one attached hydrogen (secondary N) is 1. The van der Waals surface area contributed by atoms with Gasteiger partial charge in [0.25, 0.3) is 0 Å². The maximum atomic E-state index is 3.74. The molecule has 1 N–H and O–H groups in total. The van der Waals surface area contributed by atoms with Crippen LogP contribution in [0.15, 0.2) is 18.2 Å². The van der Waals surface area contributed by atoms with Crippen molar-refractivity contribution in [2.24, 2.45) is 0 Å². The van der Waals surface area contributed by atoms with E-state index in [1.807, 2.05) is 0 Å². The predicted octanol–water partition coefficient (Wildman–Crippen LogP) is 4.33. The van der Waals surface area contributed by atoms with Gasteiger partial charge in [0.1, 0.15) is 8.96 Å². The van der Waals surface area contributed by atoms with Gasteiger partial charge in [-0.2, -0.15) is 0 Å². The van der Waals surface area contributed by atoms with Crippen LogP contribution in [0.1, 0.15) is 50.7 Å². The fourth-order valence-electron chi connectivity index (χ4n) is 2.01. The highest BCUT2D eigenvalue weighted by Crippen LogP contribution is 2.32. The van der Waals surface area contributed by atoms with Crippen LogP contribution in [-0.2, 0) is 0 Å². The normalized spacial score (nSPS) is 11.6. The van der Waals surface area contributed by atoms with E-state index in [-0.39, 0.29) is 0 Å². The molecule has 0 amide bonds. The van der Waals surface area contributed by atoms with Crippen LogP contribution in [0.2, 0.25) is 13.1 Å². The first-order chi connectivity index (χ1) is 7.43. The van der Waals surface area contributed by atoms with Crippen molar-refractivity contribution in [2.75, 3.05) is 4.98 Å². The molecule has 0 saturated heterocycles. The van der Waals surface area contributed by atoms with Crippen LogP contribution in [-0.4, -0.2) is 8.96 Å². The second kappa shape index (κ2) is 5.53. The molecule has 0 atom stereocenters. The van der Waals surface area contributed by atoms with Crippen LogP contribution >= 0.6 is 0 Å². The van der Waals surface area contributed by atoms with Gasteiger partial charge in [-0.3, -0.25) is 0 Å². The highest BCUT2D eigenvalue weighted by molar-refractivity contribution is 6.59. The Bertz CT molecular complexity index is 316. The molecule has 0 unspecified atom stereocenters. The summed E-state index contributed by atoms with van der Waals surface area (Å²) in [6.45, 7) is 13.8. The van der Waals surface area contributed by atoms with Crippen molar-refractivity contribution in [3.8, 4) is 0 Å². The SMILES string of the molecule is CC(C)c1cccc(C(C)C)c1N[SiH](C)C. The van der Waals surface area contributed by atoms with Gasteiger partial charge in [0.15, 0.2) is 0 Å². The maximum Gasteiger partial charge on any atom is 0.131 e. The molecule has 0 fully saturated rings. The van der Waals surface area contributed by atoms with Gasteiger partial charge in [0, 0.05) is 5.69 Å². The van der Waals surface area contributed by atoms with Crippen molar-refractivity contribution < 1.29 is 0 Å². The zero-order chi connectivity index (χ0) is 12.3. The monoisotopic (exact) mass is 235 g/mol. The lowest BCUT2D eigenvalue weighted by Gasteiger charge is -2.22. The van der Waals surface area contributed by atoms with E-state index in [0.29, 0.717) is 11.8 Å². The Morgan fingerprint density at radius 1 is 0.938 bits per heavy atom. The summed E-state index contributed by atoms with van der Waals surface area (Å²) in [5.74, 6) is 1.18. The topological polar surface area (TPSA) is 12.0 Å². The molecule has 2 heteroatoms. The molecule has 0 saturated carbocycles. The third-order valence-corrected chi connectivity index (χ3v) is 3.67. The molecule has 0 bridgehead atoms. The second-order valence-corrected chi connectivity index (χ2v) is 8.02. The van der Waals surface area contributed by atoms with Crippen LogP contribution in [0.25, 0.3) is 0 Å². The highest BCUT2D eigenvalue weighted by atomic mass is 28.3. The molecule has 0 spiro atoms. The van der Waals surface area contributed by atoms with E-state index in [4.69, 9.17) is 0 Å². The summed E-state index contributed by atoms with van der Waals surface area (Å²) in [5, 5.41) is 0. The van der Waals surface area contributed by atoms with Gasteiger partial charge >= 0.3 is 0 Å². The number of para-hydroxylation sites is 1. The van der Waals surface area contributed by atoms with Crippen molar-refractivity contribution in [3.05, 3.63) is 29.3 Å². The summed E-state index contributed by atoms with van der Waals surface area (Å²) in [6, 6.07) is 6.71. The van der Waals surface area contributed by atoms with Crippen LogP contribution in [0, 0.1) is 0 Å². The molecule has 1 nitrogen and oxygen atoms in total. The molecule has 1 rings (SSSR count). The Morgan fingerprint density at radius 2 is 1.38 bits per heavy atom. The van der Waals surface area contributed by atoms with Gasteiger partial charge in [0.2, 0.25) is 0 Å². The van der Waals surface area contributed by atoms with Gasteiger partial charge in [-0.05, 0) is 23.0 Å². The Balaban J connectivity index is 3.23. The maximum absolute atomic E-state index is 3.74. The number of hydrogen-bond acceptors (Lipinski definition) is 1. The molecule has 0 radical (unpaired) electrons. The summed E-state index contributed by atoms with van der Waals surface area (Å²) < 4.78 is 0. The number of benzene rings is 1. The third kappa shape index (κ3) is 3.11. The van der Waals surface area contributed by atoms with Crippen molar-refractivity contribution in [1.82, 2.24) is 0 Å². The molecule has 90 valence electrons. The van der Waals surface area contributed by atoms with Crippen molar-refractivity contribution >= 4 is 14.6 Å². The lowest BCUT2D eigenvalue weighted by atomic mass is 9.93. The van der Waals surface area contributed by atoms with E-state index < -0.39 is 8.96 Å². The fraction of sp³-hybridized carbons (Fsp3) is 0.571.